The van der Waals surface area contributed by atoms with E-state index in [0.717, 1.165) is 21.2 Å². The van der Waals surface area contributed by atoms with E-state index in [1.807, 2.05) is 33.5 Å². The van der Waals surface area contributed by atoms with E-state index in [-0.39, 0.29) is 6.42 Å². The molecule has 3 aromatic heterocycles. The number of hydrogen-bond acceptors (Lipinski definition) is 4. The maximum absolute atomic E-state index is 10.9. The van der Waals surface area contributed by atoms with E-state index in [1.54, 1.807) is 11.3 Å². The van der Waals surface area contributed by atoms with Crippen LogP contribution < -0.4 is 0 Å². The van der Waals surface area contributed by atoms with Gasteiger partial charge in [0.1, 0.15) is 5.69 Å². The maximum Gasteiger partial charge on any atom is 0.309 e. The van der Waals surface area contributed by atoms with Gasteiger partial charge in [-0.1, -0.05) is 6.07 Å². The topological polar surface area (TPSA) is 54.6 Å². The zero-order chi connectivity index (χ0) is 11.8. The van der Waals surface area contributed by atoms with Crippen LogP contribution in [-0.2, 0) is 11.2 Å². The van der Waals surface area contributed by atoms with Crippen molar-refractivity contribution in [3.05, 3.63) is 34.8 Å². The third-order valence-electron chi connectivity index (χ3n) is 2.43. The Morgan fingerprint density at radius 1 is 1.41 bits per heavy atom. The first-order chi connectivity index (χ1) is 8.25. The highest BCUT2D eigenvalue weighted by atomic mass is 32.1. The Kier molecular flexibility index (Phi) is 2.45. The summed E-state index contributed by atoms with van der Waals surface area (Å²) in [5.41, 5.74) is 1.53. The van der Waals surface area contributed by atoms with Crippen molar-refractivity contribution in [2.45, 2.75) is 6.42 Å². The molecule has 0 saturated heterocycles. The molecule has 3 heterocycles. The van der Waals surface area contributed by atoms with Crippen molar-refractivity contribution >= 4 is 33.6 Å². The summed E-state index contributed by atoms with van der Waals surface area (Å²) >= 11 is 3.08. The zero-order valence-corrected chi connectivity index (χ0v) is 10.3. The number of aromatic nitrogens is 2. The quantitative estimate of drug-likeness (QED) is 0.791. The fraction of sp³-hybridized carbons (Fsp3) is 0.0909. The lowest BCUT2D eigenvalue weighted by Gasteiger charge is -1.98. The van der Waals surface area contributed by atoms with Crippen molar-refractivity contribution in [2.24, 2.45) is 0 Å². The molecule has 1 N–H and O–H groups in total. The fourth-order valence-corrected chi connectivity index (χ4v) is 3.22. The highest BCUT2D eigenvalue weighted by Gasteiger charge is 2.17. The van der Waals surface area contributed by atoms with Gasteiger partial charge < -0.3 is 5.11 Å². The van der Waals surface area contributed by atoms with Gasteiger partial charge in [-0.15, -0.1) is 22.7 Å². The van der Waals surface area contributed by atoms with Crippen LogP contribution >= 0.6 is 22.7 Å². The molecule has 0 fully saturated rings. The van der Waals surface area contributed by atoms with Crippen molar-refractivity contribution < 1.29 is 9.90 Å². The molecular weight excluding hydrogens is 256 g/mol. The summed E-state index contributed by atoms with van der Waals surface area (Å²) in [7, 11) is 0. The Bertz CT molecular complexity index is 667. The molecule has 0 aromatic carbocycles. The number of fused-ring (bicyclic) bond motifs is 1. The summed E-state index contributed by atoms with van der Waals surface area (Å²) < 4.78 is 1.86. The van der Waals surface area contributed by atoms with E-state index in [4.69, 9.17) is 5.11 Å². The van der Waals surface area contributed by atoms with E-state index >= 15 is 0 Å². The lowest BCUT2D eigenvalue weighted by Crippen LogP contribution is -2.03. The van der Waals surface area contributed by atoms with Gasteiger partial charge in [-0.2, -0.15) is 0 Å². The van der Waals surface area contributed by atoms with Crippen molar-refractivity contribution in [1.82, 2.24) is 9.38 Å². The number of thiazole rings is 1. The minimum atomic E-state index is -0.837. The molecule has 0 aliphatic carbocycles. The van der Waals surface area contributed by atoms with Gasteiger partial charge >= 0.3 is 5.97 Å². The molecule has 17 heavy (non-hydrogen) atoms. The second-order valence-electron chi connectivity index (χ2n) is 3.51. The number of nitrogens with zero attached hydrogens (tertiary/aromatic N) is 2. The van der Waals surface area contributed by atoms with E-state index in [0.29, 0.717) is 0 Å². The average Bonchev–Trinajstić information content (AvgIpc) is 2.94. The first kappa shape index (κ1) is 10.5. The van der Waals surface area contributed by atoms with E-state index in [1.165, 1.54) is 11.3 Å². The minimum Gasteiger partial charge on any atom is -0.481 e. The minimum absolute atomic E-state index is 0.00880. The number of imidazole rings is 1. The zero-order valence-electron chi connectivity index (χ0n) is 8.66. The molecule has 3 rings (SSSR count). The van der Waals surface area contributed by atoms with Crippen molar-refractivity contribution in [2.75, 3.05) is 0 Å². The van der Waals surface area contributed by atoms with Gasteiger partial charge in [0, 0.05) is 11.6 Å². The number of carboxylic acids is 1. The van der Waals surface area contributed by atoms with Crippen LogP contribution in [0.4, 0.5) is 0 Å². The van der Waals surface area contributed by atoms with Gasteiger partial charge in [0.2, 0.25) is 0 Å². The molecule has 0 aliphatic heterocycles. The number of rotatable bonds is 3. The van der Waals surface area contributed by atoms with Crippen LogP contribution in [0.2, 0.25) is 0 Å². The Balaban J connectivity index is 2.22. The summed E-state index contributed by atoms with van der Waals surface area (Å²) in [5.74, 6) is -0.837. The lowest BCUT2D eigenvalue weighted by atomic mass is 10.2. The van der Waals surface area contributed by atoms with Gasteiger partial charge in [0.25, 0.3) is 0 Å². The molecule has 6 heteroatoms. The van der Waals surface area contributed by atoms with Gasteiger partial charge in [0.15, 0.2) is 4.96 Å². The second-order valence-corrected chi connectivity index (χ2v) is 5.33. The summed E-state index contributed by atoms with van der Waals surface area (Å²) in [4.78, 5) is 17.3. The van der Waals surface area contributed by atoms with E-state index in [2.05, 4.69) is 4.98 Å². The predicted octanol–water partition coefficient (Wildman–Crippen LogP) is 2.75. The van der Waals surface area contributed by atoms with Gasteiger partial charge in [-0.25, -0.2) is 4.98 Å². The molecule has 0 aliphatic rings. The largest absolute Gasteiger partial charge is 0.481 e. The van der Waals surface area contributed by atoms with Crippen molar-refractivity contribution in [3.8, 4) is 10.6 Å². The number of hydrogen-bond donors (Lipinski definition) is 1. The number of carboxylic acid groups (broad SMARTS) is 1. The molecule has 0 amide bonds. The maximum atomic E-state index is 10.9. The fourth-order valence-electron chi connectivity index (χ4n) is 1.76. The van der Waals surface area contributed by atoms with Crippen LogP contribution in [0.3, 0.4) is 0 Å². The third-order valence-corrected chi connectivity index (χ3v) is 4.07. The Morgan fingerprint density at radius 2 is 2.29 bits per heavy atom. The van der Waals surface area contributed by atoms with E-state index < -0.39 is 5.97 Å². The van der Waals surface area contributed by atoms with Crippen LogP contribution in [0.15, 0.2) is 29.1 Å². The smallest absolute Gasteiger partial charge is 0.309 e. The van der Waals surface area contributed by atoms with Gasteiger partial charge in [-0.3, -0.25) is 9.20 Å². The SMILES string of the molecule is O=C(O)Cc1c(-c2cccs2)nc2sccn12. The molecular formula is C11H8N2O2S2. The standard InChI is InChI=1S/C11H8N2O2S2/c14-9(15)6-7-10(8-2-1-4-16-8)12-11-13(7)3-5-17-11/h1-5H,6H2,(H,14,15). The number of aliphatic carboxylic acids is 1. The predicted molar refractivity (Wildman–Crippen MR) is 67.7 cm³/mol. The second kappa shape index (κ2) is 3.97. The molecule has 4 nitrogen and oxygen atoms in total. The van der Waals surface area contributed by atoms with Crippen LogP contribution in [-0.4, -0.2) is 20.5 Å². The Labute approximate surface area is 105 Å². The molecule has 0 radical (unpaired) electrons. The summed E-state index contributed by atoms with van der Waals surface area (Å²) in [5, 5.41) is 12.8. The summed E-state index contributed by atoms with van der Waals surface area (Å²) in [6, 6.07) is 3.90. The van der Waals surface area contributed by atoms with Crippen LogP contribution in [0.1, 0.15) is 5.69 Å². The molecule has 3 aromatic rings. The van der Waals surface area contributed by atoms with Crippen molar-refractivity contribution in [3.63, 3.8) is 0 Å². The van der Waals surface area contributed by atoms with Crippen LogP contribution in [0, 0.1) is 0 Å². The monoisotopic (exact) mass is 264 g/mol. The molecule has 86 valence electrons. The first-order valence-corrected chi connectivity index (χ1v) is 6.72. The summed E-state index contributed by atoms with van der Waals surface area (Å²) in [6.45, 7) is 0. The highest BCUT2D eigenvalue weighted by Crippen LogP contribution is 2.30. The number of thiophene rings is 1. The lowest BCUT2D eigenvalue weighted by molar-refractivity contribution is -0.136. The molecule has 0 spiro atoms. The normalized spacial score (nSPS) is 11.1. The van der Waals surface area contributed by atoms with E-state index in [9.17, 15) is 4.79 Å². The third kappa shape index (κ3) is 1.75. The Morgan fingerprint density at radius 3 is 3.00 bits per heavy atom. The molecule has 0 saturated carbocycles. The molecule has 0 bridgehead atoms. The van der Waals surface area contributed by atoms with Gasteiger partial charge in [0.05, 0.1) is 17.0 Å². The van der Waals surface area contributed by atoms with Crippen LogP contribution in [0.25, 0.3) is 15.5 Å². The van der Waals surface area contributed by atoms with Crippen LogP contribution in [0.5, 0.6) is 0 Å². The average molecular weight is 264 g/mol. The number of carbonyl (C=O) groups is 1. The highest BCUT2D eigenvalue weighted by molar-refractivity contribution is 7.15. The summed E-state index contributed by atoms with van der Waals surface area (Å²) in [6.07, 6.45) is 1.85. The molecule has 0 unspecified atom stereocenters. The van der Waals surface area contributed by atoms with Crippen molar-refractivity contribution in [1.29, 1.82) is 0 Å². The Hall–Kier alpha value is -1.66. The first-order valence-electron chi connectivity index (χ1n) is 4.96. The van der Waals surface area contributed by atoms with Gasteiger partial charge in [-0.05, 0) is 11.4 Å². The molecule has 0 atom stereocenters.